The second-order valence-corrected chi connectivity index (χ2v) is 12.7. The molecule has 0 radical (unpaired) electrons. The van der Waals surface area contributed by atoms with E-state index in [-0.39, 0.29) is 10.8 Å². The molecule has 2 unspecified atom stereocenters. The van der Waals surface area contributed by atoms with Crippen LogP contribution < -0.4 is 0 Å². The van der Waals surface area contributed by atoms with Gasteiger partial charge in [0.2, 0.25) is 0 Å². The highest BCUT2D eigenvalue weighted by Gasteiger charge is 2.31. The molecule has 1 nitrogen and oxygen atoms in total. The molecule has 0 spiro atoms. The monoisotopic (exact) mass is 505 g/mol. The number of fused-ring (bicyclic) bond motifs is 1. The summed E-state index contributed by atoms with van der Waals surface area (Å²) in [7, 11) is 0. The lowest BCUT2D eigenvalue weighted by molar-refractivity contribution is 0.362. The third-order valence-corrected chi connectivity index (χ3v) is 9.56. The Bertz CT molecular complexity index is 843. The summed E-state index contributed by atoms with van der Waals surface area (Å²) in [6.07, 6.45) is 20.6. The second-order valence-electron chi connectivity index (χ2n) is 11.3. The summed E-state index contributed by atoms with van der Waals surface area (Å²) >= 11 is 8.84. The summed E-state index contributed by atoms with van der Waals surface area (Å²) in [6.45, 7) is 14.1. The zero-order valence-corrected chi connectivity index (χ0v) is 24.8. The van der Waals surface area contributed by atoms with E-state index in [4.69, 9.17) is 16.6 Å². The standard InChI is InChI=1S/C31H52ClNS/c1-7-11-14-16-18-22-31(6,21-17-15-12-8-2)29-33-28-26(32)23-25(24-27(28)34-29)30(5,19-10-4)20-13-9-3/h23-24H,7-22H2,1-6H3. The minimum Gasteiger partial charge on any atom is -0.239 e. The maximum atomic E-state index is 6.92. The molecule has 1 aromatic heterocycles. The maximum absolute atomic E-state index is 6.92. The molecular weight excluding hydrogens is 454 g/mol. The Labute approximate surface area is 220 Å². The Morgan fingerprint density at radius 3 is 1.82 bits per heavy atom. The average Bonchev–Trinajstić information content (AvgIpc) is 3.26. The predicted octanol–water partition coefficient (Wildman–Crippen LogP) is 11.8. The fourth-order valence-corrected chi connectivity index (χ4v) is 7.08. The SMILES string of the molecule is CCCCCCCC(C)(CCCCCC)c1nc2c(Cl)cc(C(C)(CCC)CCCC)cc2s1. The van der Waals surface area contributed by atoms with Gasteiger partial charge in [-0.1, -0.05) is 130 Å². The number of benzene rings is 1. The summed E-state index contributed by atoms with van der Waals surface area (Å²) in [5.74, 6) is 0. The van der Waals surface area contributed by atoms with Gasteiger partial charge in [-0.25, -0.2) is 4.98 Å². The number of hydrogen-bond acceptors (Lipinski definition) is 2. The van der Waals surface area contributed by atoms with Crippen LogP contribution in [0.5, 0.6) is 0 Å². The molecule has 3 heteroatoms. The number of unbranched alkanes of at least 4 members (excludes halogenated alkanes) is 8. The van der Waals surface area contributed by atoms with Gasteiger partial charge in [-0.3, -0.25) is 0 Å². The van der Waals surface area contributed by atoms with Crippen LogP contribution in [0.4, 0.5) is 0 Å². The van der Waals surface area contributed by atoms with Gasteiger partial charge in [0, 0.05) is 5.41 Å². The van der Waals surface area contributed by atoms with Crippen LogP contribution in [0.1, 0.15) is 155 Å². The third kappa shape index (κ3) is 8.22. The quantitative estimate of drug-likeness (QED) is 0.183. The molecule has 2 rings (SSSR count). The van der Waals surface area contributed by atoms with E-state index in [1.54, 1.807) is 0 Å². The summed E-state index contributed by atoms with van der Waals surface area (Å²) in [5, 5.41) is 2.17. The Morgan fingerprint density at radius 1 is 0.676 bits per heavy atom. The Morgan fingerprint density at radius 2 is 1.24 bits per heavy atom. The number of nitrogens with zero attached hydrogens (tertiary/aromatic N) is 1. The van der Waals surface area contributed by atoms with Crippen LogP contribution in [0.2, 0.25) is 5.02 Å². The zero-order valence-electron chi connectivity index (χ0n) is 23.2. The fourth-order valence-electron chi connectivity index (χ4n) is 5.53. The molecule has 0 saturated heterocycles. The molecule has 2 atom stereocenters. The number of hydrogen-bond donors (Lipinski definition) is 0. The van der Waals surface area contributed by atoms with Crippen molar-refractivity contribution in [3.05, 3.63) is 27.7 Å². The van der Waals surface area contributed by atoms with Crippen molar-refractivity contribution in [1.29, 1.82) is 0 Å². The Hall–Kier alpha value is -0.600. The first-order valence-corrected chi connectivity index (χ1v) is 15.6. The van der Waals surface area contributed by atoms with E-state index in [1.807, 2.05) is 11.3 Å². The molecule has 34 heavy (non-hydrogen) atoms. The van der Waals surface area contributed by atoms with Crippen LogP contribution in [0.15, 0.2) is 12.1 Å². The van der Waals surface area contributed by atoms with Crippen molar-refractivity contribution in [2.24, 2.45) is 0 Å². The molecular formula is C31H52ClNS. The normalized spacial score (nSPS) is 15.5. The summed E-state index contributed by atoms with van der Waals surface area (Å²) in [5.41, 5.74) is 2.82. The predicted molar refractivity (Wildman–Crippen MR) is 156 cm³/mol. The number of thiazole rings is 1. The van der Waals surface area contributed by atoms with Crippen molar-refractivity contribution in [2.45, 2.75) is 155 Å². The van der Waals surface area contributed by atoms with Crippen molar-refractivity contribution >= 4 is 33.2 Å². The van der Waals surface area contributed by atoms with Crippen LogP contribution in [-0.2, 0) is 10.8 Å². The lowest BCUT2D eigenvalue weighted by Crippen LogP contribution is -2.22. The van der Waals surface area contributed by atoms with Gasteiger partial charge in [-0.15, -0.1) is 11.3 Å². The summed E-state index contributed by atoms with van der Waals surface area (Å²) in [4.78, 5) is 5.22. The zero-order chi connectivity index (χ0) is 25.0. The van der Waals surface area contributed by atoms with Crippen LogP contribution >= 0.6 is 22.9 Å². The van der Waals surface area contributed by atoms with E-state index >= 15 is 0 Å². The molecule has 0 aliphatic heterocycles. The van der Waals surface area contributed by atoms with E-state index in [0.29, 0.717) is 0 Å². The molecule has 2 aromatic rings. The topological polar surface area (TPSA) is 12.9 Å². The smallest absolute Gasteiger partial charge is 0.100 e. The van der Waals surface area contributed by atoms with E-state index in [2.05, 4.69) is 53.7 Å². The van der Waals surface area contributed by atoms with Crippen LogP contribution in [0, 0.1) is 0 Å². The van der Waals surface area contributed by atoms with Gasteiger partial charge in [0.25, 0.3) is 0 Å². The van der Waals surface area contributed by atoms with Gasteiger partial charge < -0.3 is 0 Å². The highest BCUT2D eigenvalue weighted by molar-refractivity contribution is 7.18. The lowest BCUT2D eigenvalue weighted by atomic mass is 9.75. The maximum Gasteiger partial charge on any atom is 0.100 e. The molecule has 0 fully saturated rings. The Balaban J connectivity index is 2.35. The third-order valence-electron chi connectivity index (χ3n) is 7.96. The summed E-state index contributed by atoms with van der Waals surface area (Å²) in [6, 6.07) is 4.68. The van der Waals surface area contributed by atoms with Gasteiger partial charge in [-0.2, -0.15) is 0 Å². The molecule has 0 aliphatic rings. The minimum atomic E-state index is 0.169. The molecule has 0 saturated carbocycles. The average molecular weight is 506 g/mol. The first-order chi connectivity index (χ1) is 16.3. The molecule has 1 aromatic carbocycles. The number of aromatic nitrogens is 1. The number of rotatable bonds is 18. The lowest BCUT2D eigenvalue weighted by Gasteiger charge is -2.30. The van der Waals surface area contributed by atoms with Gasteiger partial charge in [-0.05, 0) is 48.8 Å². The van der Waals surface area contributed by atoms with E-state index < -0.39 is 0 Å². The van der Waals surface area contributed by atoms with Crippen molar-refractivity contribution in [2.75, 3.05) is 0 Å². The first-order valence-electron chi connectivity index (χ1n) is 14.4. The molecule has 194 valence electrons. The van der Waals surface area contributed by atoms with Crippen molar-refractivity contribution in [3.8, 4) is 0 Å². The Kier molecular flexibility index (Phi) is 12.9. The van der Waals surface area contributed by atoms with E-state index in [0.717, 1.165) is 10.5 Å². The molecule has 0 aliphatic carbocycles. The second kappa shape index (κ2) is 14.8. The van der Waals surface area contributed by atoms with Gasteiger partial charge in [0.15, 0.2) is 0 Å². The van der Waals surface area contributed by atoms with Crippen LogP contribution in [0.3, 0.4) is 0 Å². The minimum absolute atomic E-state index is 0.169. The molecule has 1 heterocycles. The fraction of sp³-hybridized carbons (Fsp3) is 0.774. The van der Waals surface area contributed by atoms with Gasteiger partial charge >= 0.3 is 0 Å². The highest BCUT2D eigenvalue weighted by atomic mass is 35.5. The summed E-state index contributed by atoms with van der Waals surface area (Å²) < 4.78 is 1.29. The van der Waals surface area contributed by atoms with Gasteiger partial charge in [0.05, 0.1) is 14.7 Å². The molecule has 0 bridgehead atoms. The highest BCUT2D eigenvalue weighted by Crippen LogP contribution is 2.44. The van der Waals surface area contributed by atoms with E-state index in [1.165, 1.54) is 118 Å². The van der Waals surface area contributed by atoms with Crippen molar-refractivity contribution < 1.29 is 0 Å². The van der Waals surface area contributed by atoms with E-state index in [9.17, 15) is 0 Å². The van der Waals surface area contributed by atoms with Crippen LogP contribution in [-0.4, -0.2) is 4.98 Å². The van der Waals surface area contributed by atoms with Gasteiger partial charge in [0.1, 0.15) is 5.52 Å². The number of halogens is 1. The van der Waals surface area contributed by atoms with Crippen molar-refractivity contribution in [3.63, 3.8) is 0 Å². The molecule has 0 amide bonds. The van der Waals surface area contributed by atoms with Crippen molar-refractivity contribution in [1.82, 2.24) is 4.98 Å². The first kappa shape index (κ1) is 29.6. The largest absolute Gasteiger partial charge is 0.239 e. The molecule has 0 N–H and O–H groups in total. The van der Waals surface area contributed by atoms with Crippen LogP contribution in [0.25, 0.3) is 10.2 Å².